The average molecular weight is 329 g/mol. The number of amides is 1. The monoisotopic (exact) mass is 329 g/mol. The normalized spacial score (nSPS) is 15.3. The van der Waals surface area contributed by atoms with Crippen LogP contribution in [0.1, 0.15) is 61.6 Å². The molecule has 1 fully saturated rings. The van der Waals surface area contributed by atoms with Gasteiger partial charge in [-0.05, 0) is 37.8 Å². The number of pyridine rings is 1. The van der Waals surface area contributed by atoms with E-state index in [0.29, 0.717) is 23.3 Å². The predicted octanol–water partition coefficient (Wildman–Crippen LogP) is 2.73. The van der Waals surface area contributed by atoms with Gasteiger partial charge in [-0.25, -0.2) is 4.98 Å². The molecule has 1 saturated carbocycles. The summed E-state index contributed by atoms with van der Waals surface area (Å²) in [6.07, 6.45) is 4.14. The Morgan fingerprint density at radius 3 is 2.71 bits per heavy atom. The fraction of sp³-hybridized carbons (Fsp3) is 0.529. The van der Waals surface area contributed by atoms with Gasteiger partial charge in [-0.2, -0.15) is 4.98 Å². The standard InChI is InChI=1S/C17H23N5O2/c1-10(2)17-21-15(22-24-17)9-19-16(23)13-6-7-14(18-8-13)20-11(3)12-4-5-12/h6-8,10-12H,4-5,9H2,1-3H3,(H,18,20)(H,19,23)/t11-/m0/s1. The van der Waals surface area contributed by atoms with Crippen LogP contribution in [-0.4, -0.2) is 27.1 Å². The van der Waals surface area contributed by atoms with Crippen LogP contribution in [0.25, 0.3) is 0 Å². The van der Waals surface area contributed by atoms with E-state index in [-0.39, 0.29) is 18.4 Å². The molecule has 2 aromatic rings. The molecule has 0 unspecified atom stereocenters. The highest BCUT2D eigenvalue weighted by molar-refractivity contribution is 5.93. The van der Waals surface area contributed by atoms with Gasteiger partial charge in [-0.3, -0.25) is 4.79 Å². The second-order valence-corrected chi connectivity index (χ2v) is 6.59. The topological polar surface area (TPSA) is 92.9 Å². The first-order valence-electron chi connectivity index (χ1n) is 8.36. The van der Waals surface area contributed by atoms with Gasteiger partial charge in [-0.15, -0.1) is 0 Å². The number of hydrogen-bond acceptors (Lipinski definition) is 6. The Hall–Kier alpha value is -2.44. The summed E-state index contributed by atoms with van der Waals surface area (Å²) in [7, 11) is 0. The molecule has 0 spiro atoms. The van der Waals surface area contributed by atoms with Crippen LogP contribution in [0.5, 0.6) is 0 Å². The third-order valence-electron chi connectivity index (χ3n) is 4.12. The number of carbonyl (C=O) groups is 1. The SMILES string of the molecule is CC(C)c1nc(CNC(=O)c2ccc(N[C@@H](C)C3CC3)nc2)no1. The van der Waals surface area contributed by atoms with Gasteiger partial charge in [0.2, 0.25) is 5.89 Å². The zero-order chi connectivity index (χ0) is 17.1. The number of rotatable bonds is 7. The number of anilines is 1. The van der Waals surface area contributed by atoms with E-state index in [1.54, 1.807) is 12.3 Å². The minimum atomic E-state index is -0.208. The van der Waals surface area contributed by atoms with Crippen molar-refractivity contribution in [3.8, 4) is 0 Å². The molecule has 128 valence electrons. The second kappa shape index (κ2) is 6.98. The maximum Gasteiger partial charge on any atom is 0.253 e. The zero-order valence-electron chi connectivity index (χ0n) is 14.2. The summed E-state index contributed by atoms with van der Waals surface area (Å²) in [5, 5.41) is 9.98. The third kappa shape index (κ3) is 4.10. The van der Waals surface area contributed by atoms with Gasteiger partial charge in [0.25, 0.3) is 5.91 Å². The van der Waals surface area contributed by atoms with Crippen LogP contribution in [0, 0.1) is 5.92 Å². The van der Waals surface area contributed by atoms with E-state index in [0.717, 1.165) is 11.7 Å². The van der Waals surface area contributed by atoms with Gasteiger partial charge in [-0.1, -0.05) is 19.0 Å². The number of carbonyl (C=O) groups excluding carboxylic acids is 1. The van der Waals surface area contributed by atoms with Gasteiger partial charge in [0.05, 0.1) is 12.1 Å². The molecule has 1 amide bonds. The number of nitrogens with zero attached hydrogens (tertiary/aromatic N) is 3. The first-order chi connectivity index (χ1) is 11.5. The minimum Gasteiger partial charge on any atom is -0.367 e. The predicted molar refractivity (Wildman–Crippen MR) is 89.6 cm³/mol. The molecule has 2 aromatic heterocycles. The second-order valence-electron chi connectivity index (χ2n) is 6.59. The van der Waals surface area contributed by atoms with E-state index in [9.17, 15) is 4.79 Å². The highest BCUT2D eigenvalue weighted by Crippen LogP contribution is 2.33. The van der Waals surface area contributed by atoms with Crippen molar-refractivity contribution in [1.29, 1.82) is 0 Å². The molecule has 1 aliphatic rings. The van der Waals surface area contributed by atoms with Crippen LogP contribution in [0.3, 0.4) is 0 Å². The van der Waals surface area contributed by atoms with E-state index in [1.807, 2.05) is 19.9 Å². The van der Waals surface area contributed by atoms with Crippen molar-refractivity contribution in [3.05, 3.63) is 35.6 Å². The third-order valence-corrected chi connectivity index (χ3v) is 4.12. The molecule has 2 heterocycles. The summed E-state index contributed by atoms with van der Waals surface area (Å²) in [5.41, 5.74) is 0.507. The van der Waals surface area contributed by atoms with Crippen LogP contribution in [0.4, 0.5) is 5.82 Å². The lowest BCUT2D eigenvalue weighted by Crippen LogP contribution is -2.24. The highest BCUT2D eigenvalue weighted by Gasteiger charge is 2.27. The summed E-state index contributed by atoms with van der Waals surface area (Å²) in [6.45, 7) is 6.34. The molecule has 1 atom stereocenters. The lowest BCUT2D eigenvalue weighted by molar-refractivity contribution is 0.0949. The number of hydrogen-bond donors (Lipinski definition) is 2. The fourth-order valence-corrected chi connectivity index (χ4v) is 2.40. The van der Waals surface area contributed by atoms with E-state index in [4.69, 9.17) is 4.52 Å². The molecule has 3 rings (SSSR count). The van der Waals surface area contributed by atoms with Crippen molar-refractivity contribution in [2.24, 2.45) is 5.92 Å². The van der Waals surface area contributed by atoms with E-state index in [2.05, 4.69) is 32.7 Å². The van der Waals surface area contributed by atoms with E-state index >= 15 is 0 Å². The van der Waals surface area contributed by atoms with Crippen molar-refractivity contribution in [3.63, 3.8) is 0 Å². The van der Waals surface area contributed by atoms with E-state index < -0.39 is 0 Å². The molecule has 7 heteroatoms. The quantitative estimate of drug-likeness (QED) is 0.811. The van der Waals surface area contributed by atoms with Gasteiger partial charge >= 0.3 is 0 Å². The molecule has 0 aliphatic heterocycles. The number of nitrogens with one attached hydrogen (secondary N) is 2. The summed E-state index contributed by atoms with van der Waals surface area (Å²) in [5.74, 6) is 2.55. The smallest absolute Gasteiger partial charge is 0.253 e. The lowest BCUT2D eigenvalue weighted by atomic mass is 10.2. The molecule has 0 bridgehead atoms. The molecular weight excluding hydrogens is 306 g/mol. The summed E-state index contributed by atoms with van der Waals surface area (Å²) < 4.78 is 5.11. The molecule has 0 radical (unpaired) electrons. The Bertz CT molecular complexity index is 691. The van der Waals surface area contributed by atoms with Crippen LogP contribution < -0.4 is 10.6 Å². The summed E-state index contributed by atoms with van der Waals surface area (Å²) in [6, 6.07) is 4.02. The maximum atomic E-state index is 12.2. The van der Waals surface area contributed by atoms with E-state index in [1.165, 1.54) is 12.8 Å². The average Bonchev–Trinajstić information content (AvgIpc) is 3.31. The van der Waals surface area contributed by atoms with Crippen LogP contribution in [-0.2, 0) is 6.54 Å². The van der Waals surface area contributed by atoms with Crippen molar-refractivity contribution in [1.82, 2.24) is 20.4 Å². The number of aromatic nitrogens is 3. The Labute approximate surface area is 141 Å². The summed E-state index contributed by atoms with van der Waals surface area (Å²) in [4.78, 5) is 20.7. The van der Waals surface area contributed by atoms with Crippen LogP contribution in [0.2, 0.25) is 0 Å². The van der Waals surface area contributed by atoms with Crippen molar-refractivity contribution in [2.45, 2.75) is 52.1 Å². The molecule has 24 heavy (non-hydrogen) atoms. The molecule has 1 aliphatic carbocycles. The Morgan fingerprint density at radius 1 is 1.33 bits per heavy atom. The van der Waals surface area contributed by atoms with Crippen molar-refractivity contribution < 1.29 is 9.32 Å². The van der Waals surface area contributed by atoms with Gasteiger partial charge in [0, 0.05) is 18.2 Å². The largest absolute Gasteiger partial charge is 0.367 e. The fourth-order valence-electron chi connectivity index (χ4n) is 2.40. The molecule has 2 N–H and O–H groups in total. The van der Waals surface area contributed by atoms with Crippen molar-refractivity contribution >= 4 is 11.7 Å². The first kappa shape index (κ1) is 16.4. The Kier molecular flexibility index (Phi) is 4.78. The molecule has 0 saturated heterocycles. The van der Waals surface area contributed by atoms with Crippen molar-refractivity contribution in [2.75, 3.05) is 5.32 Å². The molecular formula is C17H23N5O2. The summed E-state index contributed by atoms with van der Waals surface area (Å²) >= 11 is 0. The van der Waals surface area contributed by atoms with Crippen LogP contribution in [0.15, 0.2) is 22.9 Å². The van der Waals surface area contributed by atoms with Gasteiger partial charge in [0.15, 0.2) is 5.82 Å². The molecule has 0 aromatic carbocycles. The molecule has 7 nitrogen and oxygen atoms in total. The zero-order valence-corrected chi connectivity index (χ0v) is 14.2. The highest BCUT2D eigenvalue weighted by atomic mass is 16.5. The minimum absolute atomic E-state index is 0.171. The van der Waals surface area contributed by atoms with Crippen LogP contribution >= 0.6 is 0 Å². The first-order valence-corrected chi connectivity index (χ1v) is 8.36. The lowest BCUT2D eigenvalue weighted by Gasteiger charge is -2.13. The van der Waals surface area contributed by atoms with Gasteiger partial charge in [0.1, 0.15) is 5.82 Å². The van der Waals surface area contributed by atoms with Gasteiger partial charge < -0.3 is 15.2 Å². The Morgan fingerprint density at radius 2 is 2.12 bits per heavy atom. The Balaban J connectivity index is 1.52. The maximum absolute atomic E-state index is 12.2.